The molecule has 7 heteroatoms. The summed E-state index contributed by atoms with van der Waals surface area (Å²) in [7, 11) is -4.19. The van der Waals surface area contributed by atoms with Crippen molar-refractivity contribution in [2.45, 2.75) is 0 Å². The minimum absolute atomic E-state index is 0.985. The van der Waals surface area contributed by atoms with Gasteiger partial charge < -0.3 is 0 Å². The van der Waals surface area contributed by atoms with E-state index in [1.165, 1.54) is 10.8 Å². The Kier molecular flexibility index (Phi) is 4.89. The molecule has 0 unspecified atom stereocenters. The zero-order chi connectivity index (χ0) is 17.9. The SMILES string of the molecule is [O-][Cl+](O)(O)O.c1ccc(-c2c[n+]3cc4ccccc4cc3cn2)cc1. The molecule has 0 aliphatic heterocycles. The van der Waals surface area contributed by atoms with Crippen molar-refractivity contribution in [2.24, 2.45) is 0 Å². The maximum atomic E-state index is 8.83. The Morgan fingerprint density at radius 1 is 0.840 bits per heavy atom. The summed E-state index contributed by atoms with van der Waals surface area (Å²) in [5.74, 6) is 0. The molecular formula is C18H16ClN2O4+. The largest absolute Gasteiger partial charge is 0.243 e. The number of hydrogen-bond acceptors (Lipinski definition) is 5. The van der Waals surface area contributed by atoms with Gasteiger partial charge in [-0.15, -0.1) is 0 Å². The first-order valence-corrected chi connectivity index (χ1v) is 8.64. The zero-order valence-corrected chi connectivity index (χ0v) is 13.8. The summed E-state index contributed by atoms with van der Waals surface area (Å²) in [4.78, 5) is 4.56. The third-order valence-corrected chi connectivity index (χ3v) is 3.54. The van der Waals surface area contributed by atoms with Crippen molar-refractivity contribution in [3.05, 3.63) is 79.3 Å². The Labute approximate surface area is 145 Å². The molecule has 0 amide bonds. The first kappa shape index (κ1) is 17.2. The van der Waals surface area contributed by atoms with Crippen LogP contribution in [-0.4, -0.2) is 19.0 Å². The molecule has 128 valence electrons. The summed E-state index contributed by atoms with van der Waals surface area (Å²) in [6.07, 6.45) is 6.16. The van der Waals surface area contributed by atoms with E-state index in [4.69, 9.17) is 18.6 Å². The van der Waals surface area contributed by atoms with Crippen LogP contribution in [0.15, 0.2) is 79.3 Å². The predicted octanol–water partition coefficient (Wildman–Crippen LogP) is 0.780. The standard InChI is InChI=1S/C18H13N2.ClH3O4/c1-2-6-14(7-3-1)18-13-20-12-16-9-5-4-8-15(16)10-17(20)11-19-18;2-1(3,4)5/h1-13H;2-4H/q+1;. The number of fused-ring (bicyclic) bond motifs is 2. The molecule has 0 aliphatic rings. The van der Waals surface area contributed by atoms with Crippen molar-refractivity contribution in [1.29, 1.82) is 0 Å². The number of hydrogen-bond donors (Lipinski definition) is 3. The monoisotopic (exact) mass is 359 g/mol. The molecule has 0 radical (unpaired) electrons. The van der Waals surface area contributed by atoms with Gasteiger partial charge in [-0.1, -0.05) is 48.5 Å². The summed E-state index contributed by atoms with van der Waals surface area (Å²) in [6.45, 7) is 0. The van der Waals surface area contributed by atoms with Crippen LogP contribution in [-0.2, 0) is 0 Å². The quantitative estimate of drug-likeness (QED) is 0.344. The minimum Gasteiger partial charge on any atom is -0.243 e. The average Bonchev–Trinajstić information content (AvgIpc) is 2.59. The third kappa shape index (κ3) is 4.69. The molecule has 2 aromatic heterocycles. The van der Waals surface area contributed by atoms with E-state index in [-0.39, 0.29) is 0 Å². The van der Waals surface area contributed by atoms with Crippen molar-refractivity contribution in [1.82, 2.24) is 4.98 Å². The maximum Gasteiger partial charge on any atom is 0.229 e. The Morgan fingerprint density at radius 3 is 2.12 bits per heavy atom. The molecule has 4 aromatic rings. The molecular weight excluding hydrogens is 344 g/mol. The van der Waals surface area contributed by atoms with Crippen molar-refractivity contribution in [2.75, 3.05) is 0 Å². The second kappa shape index (κ2) is 7.10. The van der Waals surface area contributed by atoms with Crippen molar-refractivity contribution in [3.63, 3.8) is 0 Å². The number of pyridine rings is 1. The van der Waals surface area contributed by atoms with E-state index in [1.54, 1.807) is 0 Å². The van der Waals surface area contributed by atoms with Gasteiger partial charge >= 0.3 is 28.9 Å². The van der Waals surface area contributed by atoms with Crippen LogP contribution in [0.4, 0.5) is 0 Å². The summed E-state index contributed by atoms with van der Waals surface area (Å²) >= 11 is 0. The normalized spacial score (nSPS) is 11.8. The van der Waals surface area contributed by atoms with Crippen LogP contribution < -0.4 is 9.06 Å². The summed E-state index contributed by atoms with van der Waals surface area (Å²) in [6, 6.07) is 20.8. The maximum absolute atomic E-state index is 8.83. The number of aromatic nitrogens is 2. The molecule has 2 aromatic carbocycles. The second-order valence-electron chi connectivity index (χ2n) is 5.31. The number of nitrogens with zero attached hydrogens (tertiary/aromatic N) is 2. The van der Waals surface area contributed by atoms with Crippen molar-refractivity contribution < 1.29 is 33.3 Å². The molecule has 0 aliphatic carbocycles. The Bertz CT molecular complexity index is 998. The van der Waals surface area contributed by atoms with Gasteiger partial charge in [0.05, 0.1) is 6.20 Å². The van der Waals surface area contributed by atoms with Crippen LogP contribution in [0.5, 0.6) is 0 Å². The molecule has 6 nitrogen and oxygen atoms in total. The Morgan fingerprint density at radius 2 is 1.44 bits per heavy atom. The average molecular weight is 360 g/mol. The van der Waals surface area contributed by atoms with Crippen molar-refractivity contribution in [3.8, 4) is 11.3 Å². The summed E-state index contributed by atoms with van der Waals surface area (Å²) in [5, 5.41) is 2.47. The van der Waals surface area contributed by atoms with E-state index >= 15 is 0 Å². The number of rotatable bonds is 1. The van der Waals surface area contributed by atoms with Gasteiger partial charge in [0, 0.05) is 17.0 Å². The molecule has 25 heavy (non-hydrogen) atoms. The minimum atomic E-state index is -4.19. The molecule has 0 spiro atoms. The van der Waals surface area contributed by atoms with Gasteiger partial charge in [0.25, 0.3) is 0 Å². The van der Waals surface area contributed by atoms with E-state index in [0.717, 1.165) is 16.8 Å². The first-order valence-electron chi connectivity index (χ1n) is 7.31. The molecule has 0 atom stereocenters. The molecule has 0 saturated carbocycles. The zero-order valence-electron chi connectivity index (χ0n) is 13.0. The molecule has 0 saturated heterocycles. The number of benzene rings is 2. The van der Waals surface area contributed by atoms with Crippen molar-refractivity contribution >= 4 is 16.3 Å². The molecule has 3 N–H and O–H groups in total. The van der Waals surface area contributed by atoms with Gasteiger partial charge in [-0.2, -0.15) is 4.40 Å². The molecule has 0 bridgehead atoms. The van der Waals surface area contributed by atoms with E-state index in [0.29, 0.717) is 0 Å². The first-order chi connectivity index (χ1) is 11.9. The van der Waals surface area contributed by atoms with Crippen LogP contribution in [0.3, 0.4) is 0 Å². The fourth-order valence-electron chi connectivity index (χ4n) is 2.49. The third-order valence-electron chi connectivity index (χ3n) is 3.54. The van der Waals surface area contributed by atoms with E-state index in [1.807, 2.05) is 24.4 Å². The van der Waals surface area contributed by atoms with Gasteiger partial charge in [0.1, 0.15) is 5.69 Å². The second-order valence-corrected chi connectivity index (χ2v) is 6.17. The molecule has 2 heterocycles. The van der Waals surface area contributed by atoms with Gasteiger partial charge in [0.2, 0.25) is 11.7 Å². The Balaban J connectivity index is 0.000000324. The Hall–Kier alpha value is -2.61. The fourth-order valence-corrected chi connectivity index (χ4v) is 2.49. The van der Waals surface area contributed by atoms with E-state index in [2.05, 4.69) is 64.2 Å². The van der Waals surface area contributed by atoms with Crippen LogP contribution in [0.1, 0.15) is 0 Å². The topological polar surface area (TPSA) is 101 Å². The van der Waals surface area contributed by atoms with Crippen LogP contribution in [0.2, 0.25) is 0 Å². The smallest absolute Gasteiger partial charge is 0.229 e. The predicted molar refractivity (Wildman–Crippen MR) is 87.0 cm³/mol. The van der Waals surface area contributed by atoms with E-state index < -0.39 is 10.2 Å². The van der Waals surface area contributed by atoms with Crippen LogP contribution in [0.25, 0.3) is 27.5 Å². The number of halogens is 1. The van der Waals surface area contributed by atoms with Gasteiger partial charge in [-0.3, -0.25) is 0 Å². The van der Waals surface area contributed by atoms with Gasteiger partial charge in [-0.05, 0) is 11.5 Å². The molecule has 4 rings (SSSR count). The van der Waals surface area contributed by atoms with E-state index in [9.17, 15) is 0 Å². The summed E-state index contributed by atoms with van der Waals surface area (Å²) in [5.41, 5.74) is 3.22. The fraction of sp³-hybridized carbons (Fsp3) is 0. The van der Waals surface area contributed by atoms with Gasteiger partial charge in [-0.25, -0.2) is 4.98 Å². The summed E-state index contributed by atoms with van der Waals surface area (Å²) < 4.78 is 32.4. The van der Waals surface area contributed by atoms with Crippen LogP contribution in [0, 0.1) is 10.2 Å². The van der Waals surface area contributed by atoms with Gasteiger partial charge in [0.15, 0.2) is 6.20 Å². The van der Waals surface area contributed by atoms with Crippen LogP contribution >= 0.6 is 0 Å². The molecule has 0 fully saturated rings.